The monoisotopic (exact) mass is 344 g/mol. The van der Waals surface area contributed by atoms with Gasteiger partial charge in [0.25, 0.3) is 5.91 Å². The molecule has 0 saturated carbocycles. The Balaban J connectivity index is 2.26. The molecular formula is C18H20N2O3S. The number of carbonyl (C=O) groups is 1. The maximum atomic E-state index is 12.4. The molecule has 1 saturated heterocycles. The van der Waals surface area contributed by atoms with Crippen LogP contribution in [-0.2, 0) is 4.79 Å². The zero-order chi connectivity index (χ0) is 17.5. The summed E-state index contributed by atoms with van der Waals surface area (Å²) >= 11 is 5.20. The molecule has 0 radical (unpaired) electrons. The van der Waals surface area contributed by atoms with E-state index in [1.54, 1.807) is 17.0 Å². The van der Waals surface area contributed by atoms with Gasteiger partial charge in [-0.3, -0.25) is 9.69 Å². The number of nitrogens with one attached hydrogen (secondary N) is 1. The standard InChI is InChI=1S/C18H20N2O3S/c1-4-9-20-17(21)14(19-18(20)24)11-13-7-8-15(23-10-5-2)16(12-13)22-6-3/h2,7-8,11-12H,4,6,9-10H2,1,3H3,(H,19,24)/b14-11-. The SMILES string of the molecule is C#CCOc1ccc(/C=C2\NC(=S)N(CCC)C2=O)cc1OCC. The smallest absolute Gasteiger partial charge is 0.276 e. The van der Waals surface area contributed by atoms with Crippen LogP contribution in [0.4, 0.5) is 0 Å². The molecule has 1 amide bonds. The number of hydrogen-bond donors (Lipinski definition) is 1. The van der Waals surface area contributed by atoms with Crippen LogP contribution < -0.4 is 14.8 Å². The van der Waals surface area contributed by atoms with Gasteiger partial charge in [0.15, 0.2) is 16.6 Å². The summed E-state index contributed by atoms with van der Waals surface area (Å²) in [5.74, 6) is 3.46. The van der Waals surface area contributed by atoms with Crippen LogP contribution in [0, 0.1) is 12.3 Å². The van der Waals surface area contributed by atoms with Crippen LogP contribution in [0.1, 0.15) is 25.8 Å². The average Bonchev–Trinajstić information content (AvgIpc) is 2.82. The molecule has 0 spiro atoms. The van der Waals surface area contributed by atoms with Crippen molar-refractivity contribution in [1.82, 2.24) is 10.2 Å². The van der Waals surface area contributed by atoms with E-state index >= 15 is 0 Å². The molecule has 24 heavy (non-hydrogen) atoms. The van der Waals surface area contributed by atoms with Gasteiger partial charge >= 0.3 is 0 Å². The predicted molar refractivity (Wildman–Crippen MR) is 97.7 cm³/mol. The van der Waals surface area contributed by atoms with Gasteiger partial charge in [0.2, 0.25) is 0 Å². The highest BCUT2D eigenvalue weighted by Gasteiger charge is 2.29. The van der Waals surface area contributed by atoms with E-state index in [-0.39, 0.29) is 12.5 Å². The predicted octanol–water partition coefficient (Wildman–Crippen LogP) is 2.56. The van der Waals surface area contributed by atoms with E-state index < -0.39 is 0 Å². The number of amides is 1. The van der Waals surface area contributed by atoms with Gasteiger partial charge < -0.3 is 14.8 Å². The largest absolute Gasteiger partial charge is 0.490 e. The van der Waals surface area contributed by atoms with Crippen LogP contribution >= 0.6 is 12.2 Å². The zero-order valence-corrected chi connectivity index (χ0v) is 14.6. The fourth-order valence-corrected chi connectivity index (χ4v) is 2.57. The Morgan fingerprint density at radius 3 is 2.79 bits per heavy atom. The summed E-state index contributed by atoms with van der Waals surface area (Å²) in [6.07, 6.45) is 7.81. The molecule has 1 aliphatic rings. The Morgan fingerprint density at radius 2 is 2.12 bits per heavy atom. The topological polar surface area (TPSA) is 50.8 Å². The van der Waals surface area contributed by atoms with Crippen molar-refractivity contribution in [3.8, 4) is 23.8 Å². The Bertz CT molecular complexity index is 707. The first kappa shape index (κ1) is 17.8. The highest BCUT2D eigenvalue weighted by molar-refractivity contribution is 7.80. The van der Waals surface area contributed by atoms with Gasteiger partial charge in [-0.05, 0) is 49.3 Å². The summed E-state index contributed by atoms with van der Waals surface area (Å²) in [6.45, 7) is 5.16. The van der Waals surface area contributed by atoms with E-state index in [1.165, 1.54) is 0 Å². The molecule has 0 aliphatic carbocycles. The zero-order valence-electron chi connectivity index (χ0n) is 13.8. The molecule has 1 heterocycles. The third kappa shape index (κ3) is 4.06. The maximum absolute atomic E-state index is 12.4. The minimum Gasteiger partial charge on any atom is -0.490 e. The van der Waals surface area contributed by atoms with E-state index in [0.29, 0.717) is 35.5 Å². The molecule has 0 unspecified atom stereocenters. The molecule has 1 fully saturated rings. The third-order valence-electron chi connectivity index (χ3n) is 3.30. The van der Waals surface area contributed by atoms with Crippen molar-refractivity contribution in [3.05, 3.63) is 29.5 Å². The van der Waals surface area contributed by atoms with Gasteiger partial charge in [0.05, 0.1) is 6.61 Å². The molecule has 0 aromatic heterocycles. The van der Waals surface area contributed by atoms with Crippen LogP contribution in [0.15, 0.2) is 23.9 Å². The highest BCUT2D eigenvalue weighted by Crippen LogP contribution is 2.29. The Labute approximate surface area is 147 Å². The summed E-state index contributed by atoms with van der Waals surface area (Å²) in [5, 5.41) is 3.39. The van der Waals surface area contributed by atoms with Crippen molar-refractivity contribution in [2.45, 2.75) is 20.3 Å². The van der Waals surface area contributed by atoms with Gasteiger partial charge in [-0.15, -0.1) is 6.42 Å². The van der Waals surface area contributed by atoms with Crippen molar-refractivity contribution in [3.63, 3.8) is 0 Å². The van der Waals surface area contributed by atoms with Crippen LogP contribution in [0.25, 0.3) is 6.08 Å². The molecule has 1 aliphatic heterocycles. The number of carbonyl (C=O) groups excluding carboxylic acids is 1. The van der Waals surface area contributed by atoms with Crippen molar-refractivity contribution < 1.29 is 14.3 Å². The fraction of sp³-hybridized carbons (Fsp3) is 0.333. The molecule has 126 valence electrons. The summed E-state index contributed by atoms with van der Waals surface area (Å²) < 4.78 is 11.0. The van der Waals surface area contributed by atoms with E-state index in [1.807, 2.05) is 26.0 Å². The van der Waals surface area contributed by atoms with E-state index in [9.17, 15) is 4.79 Å². The Kier molecular flexibility index (Phi) is 6.21. The van der Waals surface area contributed by atoms with E-state index in [4.69, 9.17) is 28.1 Å². The maximum Gasteiger partial charge on any atom is 0.276 e. The number of nitrogens with zero attached hydrogens (tertiary/aromatic N) is 1. The number of terminal acetylenes is 1. The van der Waals surface area contributed by atoms with Crippen molar-refractivity contribution in [1.29, 1.82) is 0 Å². The lowest BCUT2D eigenvalue weighted by Crippen LogP contribution is -2.31. The minimum absolute atomic E-state index is 0.118. The van der Waals surface area contributed by atoms with Crippen LogP contribution in [-0.4, -0.2) is 35.7 Å². The second-order valence-electron chi connectivity index (χ2n) is 5.08. The lowest BCUT2D eigenvalue weighted by Gasteiger charge is -2.11. The molecule has 6 heteroatoms. The van der Waals surface area contributed by atoms with Gasteiger partial charge in [-0.25, -0.2) is 0 Å². The third-order valence-corrected chi connectivity index (χ3v) is 3.62. The Hall–Kier alpha value is -2.52. The highest BCUT2D eigenvalue weighted by atomic mass is 32.1. The van der Waals surface area contributed by atoms with E-state index in [2.05, 4.69) is 11.2 Å². The number of rotatable bonds is 7. The molecule has 2 rings (SSSR count). The van der Waals surface area contributed by atoms with Crippen LogP contribution in [0.3, 0.4) is 0 Å². The van der Waals surface area contributed by atoms with Gasteiger partial charge in [-0.2, -0.15) is 0 Å². The van der Waals surface area contributed by atoms with Crippen LogP contribution in [0.5, 0.6) is 11.5 Å². The minimum atomic E-state index is -0.118. The van der Waals surface area contributed by atoms with Crippen molar-refractivity contribution in [2.75, 3.05) is 19.8 Å². The first-order chi connectivity index (χ1) is 11.6. The molecule has 1 N–H and O–H groups in total. The summed E-state index contributed by atoms with van der Waals surface area (Å²) in [7, 11) is 0. The second kappa shape index (κ2) is 8.37. The first-order valence-corrected chi connectivity index (χ1v) is 8.19. The fourth-order valence-electron chi connectivity index (χ4n) is 2.29. The number of thiocarbonyl (C=S) groups is 1. The second-order valence-corrected chi connectivity index (χ2v) is 5.46. The van der Waals surface area contributed by atoms with E-state index in [0.717, 1.165) is 12.0 Å². The van der Waals surface area contributed by atoms with Gasteiger partial charge in [0, 0.05) is 6.54 Å². The summed E-state index contributed by atoms with van der Waals surface area (Å²) in [5.41, 5.74) is 1.26. The molecule has 5 nitrogen and oxygen atoms in total. The molecule has 0 atom stereocenters. The lowest BCUT2D eigenvalue weighted by molar-refractivity contribution is -0.122. The molecule has 0 bridgehead atoms. The first-order valence-electron chi connectivity index (χ1n) is 7.78. The Morgan fingerprint density at radius 1 is 1.33 bits per heavy atom. The summed E-state index contributed by atoms with van der Waals surface area (Å²) in [4.78, 5) is 13.9. The number of benzene rings is 1. The number of hydrogen-bond acceptors (Lipinski definition) is 4. The number of ether oxygens (including phenoxy) is 2. The van der Waals surface area contributed by atoms with Crippen molar-refractivity contribution in [2.24, 2.45) is 0 Å². The van der Waals surface area contributed by atoms with Gasteiger partial charge in [0.1, 0.15) is 12.3 Å². The molecule has 1 aromatic rings. The van der Waals surface area contributed by atoms with Crippen LogP contribution in [0.2, 0.25) is 0 Å². The molecule has 1 aromatic carbocycles. The summed E-state index contributed by atoms with van der Waals surface area (Å²) in [6, 6.07) is 5.42. The quantitative estimate of drug-likeness (QED) is 0.468. The van der Waals surface area contributed by atoms with Crippen molar-refractivity contribution >= 4 is 29.3 Å². The normalized spacial score (nSPS) is 15.4. The molecular weight excluding hydrogens is 324 g/mol. The lowest BCUT2D eigenvalue weighted by atomic mass is 10.1. The van der Waals surface area contributed by atoms with Gasteiger partial charge in [-0.1, -0.05) is 18.9 Å². The average molecular weight is 344 g/mol.